The van der Waals surface area contributed by atoms with E-state index in [1.54, 1.807) is 17.0 Å². The van der Waals surface area contributed by atoms with Crippen molar-refractivity contribution in [1.82, 2.24) is 4.90 Å². The number of amides is 2. The average Bonchev–Trinajstić information content (AvgIpc) is 2.69. The predicted octanol–water partition coefficient (Wildman–Crippen LogP) is 3.26. The van der Waals surface area contributed by atoms with E-state index in [-0.39, 0.29) is 24.5 Å². The number of nitrogens with zero attached hydrogens (tertiary/aromatic N) is 1. The third kappa shape index (κ3) is 4.53. The Morgan fingerprint density at radius 1 is 1.04 bits per heavy atom. The van der Waals surface area contributed by atoms with Gasteiger partial charge in [0.1, 0.15) is 6.61 Å². The van der Waals surface area contributed by atoms with Gasteiger partial charge in [-0.3, -0.25) is 4.79 Å². The Kier molecular flexibility index (Phi) is 5.73. The maximum absolute atomic E-state index is 12.4. The number of hydrogen-bond acceptors (Lipinski definition) is 4. The van der Waals surface area contributed by atoms with Crippen LogP contribution in [-0.2, 0) is 16.1 Å². The molecule has 6 nitrogen and oxygen atoms in total. The standard InChI is InChI=1S/C20H23N3O3/c21-17-8-4-5-9-18(17)22-19(24)16-10-12-23(13-11-16)20(25)26-14-15-6-2-1-3-7-15/h1-9,16H,10-14,21H2,(H,22,24). The number of rotatable bonds is 4. The third-order valence-corrected chi connectivity index (χ3v) is 4.55. The van der Waals surface area contributed by atoms with Crippen molar-refractivity contribution in [1.29, 1.82) is 0 Å². The van der Waals surface area contributed by atoms with Crippen LogP contribution in [0.5, 0.6) is 0 Å². The van der Waals surface area contributed by atoms with E-state index >= 15 is 0 Å². The summed E-state index contributed by atoms with van der Waals surface area (Å²) in [4.78, 5) is 26.2. The highest BCUT2D eigenvalue weighted by molar-refractivity contribution is 5.95. The fraction of sp³-hybridized carbons (Fsp3) is 0.300. The zero-order chi connectivity index (χ0) is 18.4. The number of likely N-dealkylation sites (tertiary alicyclic amines) is 1. The first kappa shape index (κ1) is 17.8. The summed E-state index contributed by atoms with van der Waals surface area (Å²) in [5.74, 6) is -0.187. The molecule has 0 aliphatic carbocycles. The summed E-state index contributed by atoms with van der Waals surface area (Å²) in [6.45, 7) is 1.28. The molecular formula is C20H23N3O3. The highest BCUT2D eigenvalue weighted by Gasteiger charge is 2.28. The molecule has 1 aliphatic rings. The second-order valence-electron chi connectivity index (χ2n) is 6.38. The first-order valence-corrected chi connectivity index (χ1v) is 8.74. The van der Waals surface area contributed by atoms with Crippen LogP contribution in [0.15, 0.2) is 54.6 Å². The second kappa shape index (κ2) is 8.38. The molecule has 3 N–H and O–H groups in total. The van der Waals surface area contributed by atoms with Crippen LogP contribution in [0, 0.1) is 5.92 Å². The van der Waals surface area contributed by atoms with Crippen LogP contribution in [0.3, 0.4) is 0 Å². The number of nitrogen functional groups attached to an aromatic ring is 1. The average molecular weight is 353 g/mol. The van der Waals surface area contributed by atoms with Crippen LogP contribution in [0.25, 0.3) is 0 Å². The molecule has 0 atom stereocenters. The third-order valence-electron chi connectivity index (χ3n) is 4.55. The Hall–Kier alpha value is -3.02. The van der Waals surface area contributed by atoms with Crippen LogP contribution in [0.1, 0.15) is 18.4 Å². The molecule has 6 heteroatoms. The van der Waals surface area contributed by atoms with Crippen molar-refractivity contribution < 1.29 is 14.3 Å². The minimum absolute atomic E-state index is 0.0554. The molecule has 1 fully saturated rings. The zero-order valence-corrected chi connectivity index (χ0v) is 14.6. The van der Waals surface area contributed by atoms with Crippen molar-refractivity contribution in [2.75, 3.05) is 24.1 Å². The van der Waals surface area contributed by atoms with Crippen molar-refractivity contribution in [3.63, 3.8) is 0 Å². The van der Waals surface area contributed by atoms with Gasteiger partial charge in [0.05, 0.1) is 11.4 Å². The van der Waals surface area contributed by atoms with E-state index in [4.69, 9.17) is 10.5 Å². The van der Waals surface area contributed by atoms with Crippen LogP contribution < -0.4 is 11.1 Å². The monoisotopic (exact) mass is 353 g/mol. The van der Waals surface area contributed by atoms with Crippen LogP contribution in [0.2, 0.25) is 0 Å². The Labute approximate surface area is 152 Å². The maximum Gasteiger partial charge on any atom is 0.410 e. The van der Waals surface area contributed by atoms with Gasteiger partial charge >= 0.3 is 6.09 Å². The van der Waals surface area contributed by atoms with E-state index in [0.717, 1.165) is 5.56 Å². The molecule has 1 saturated heterocycles. The van der Waals surface area contributed by atoms with Gasteiger partial charge in [0, 0.05) is 19.0 Å². The van der Waals surface area contributed by atoms with E-state index in [0.29, 0.717) is 37.3 Å². The lowest BCUT2D eigenvalue weighted by molar-refractivity contribution is -0.121. The molecule has 0 bridgehead atoms. The number of anilines is 2. The zero-order valence-electron chi connectivity index (χ0n) is 14.6. The highest BCUT2D eigenvalue weighted by atomic mass is 16.6. The first-order valence-electron chi connectivity index (χ1n) is 8.74. The first-order chi connectivity index (χ1) is 12.6. The number of carbonyl (C=O) groups is 2. The SMILES string of the molecule is Nc1ccccc1NC(=O)C1CCN(C(=O)OCc2ccccc2)CC1. The number of nitrogens with one attached hydrogen (secondary N) is 1. The predicted molar refractivity (Wildman–Crippen MR) is 100 cm³/mol. The number of piperidine rings is 1. The molecule has 136 valence electrons. The summed E-state index contributed by atoms with van der Waals surface area (Å²) in [7, 11) is 0. The van der Waals surface area contributed by atoms with E-state index < -0.39 is 0 Å². The van der Waals surface area contributed by atoms with Crippen LogP contribution in [-0.4, -0.2) is 30.0 Å². The van der Waals surface area contributed by atoms with Crippen molar-refractivity contribution in [3.8, 4) is 0 Å². The molecule has 2 amide bonds. The Balaban J connectivity index is 1.45. The Morgan fingerprint density at radius 2 is 1.69 bits per heavy atom. The van der Waals surface area contributed by atoms with Gasteiger partial charge in [-0.25, -0.2) is 4.79 Å². The summed E-state index contributed by atoms with van der Waals surface area (Å²) in [5, 5.41) is 2.87. The van der Waals surface area contributed by atoms with Crippen molar-refractivity contribution >= 4 is 23.4 Å². The molecule has 26 heavy (non-hydrogen) atoms. The molecular weight excluding hydrogens is 330 g/mol. The molecule has 3 rings (SSSR count). The lowest BCUT2D eigenvalue weighted by Crippen LogP contribution is -2.41. The molecule has 2 aromatic carbocycles. The van der Waals surface area contributed by atoms with Gasteiger partial charge in [-0.2, -0.15) is 0 Å². The van der Waals surface area contributed by atoms with Crippen LogP contribution >= 0.6 is 0 Å². The summed E-state index contributed by atoms with van der Waals surface area (Å²) in [5.41, 5.74) is 7.98. The summed E-state index contributed by atoms with van der Waals surface area (Å²) < 4.78 is 5.34. The molecule has 0 radical (unpaired) electrons. The number of nitrogens with two attached hydrogens (primary N) is 1. The second-order valence-corrected chi connectivity index (χ2v) is 6.38. The lowest BCUT2D eigenvalue weighted by atomic mass is 9.96. The molecule has 0 saturated carbocycles. The topological polar surface area (TPSA) is 84.7 Å². The van der Waals surface area contributed by atoms with Gasteiger partial charge in [-0.15, -0.1) is 0 Å². The molecule has 0 unspecified atom stereocenters. The van der Waals surface area contributed by atoms with Gasteiger partial charge in [-0.1, -0.05) is 42.5 Å². The number of hydrogen-bond donors (Lipinski definition) is 2. The largest absolute Gasteiger partial charge is 0.445 e. The van der Waals surface area contributed by atoms with E-state index in [9.17, 15) is 9.59 Å². The van der Waals surface area contributed by atoms with Gasteiger partial charge in [0.15, 0.2) is 0 Å². The number of para-hydroxylation sites is 2. The molecule has 0 spiro atoms. The van der Waals surface area contributed by atoms with Gasteiger partial charge in [0.2, 0.25) is 5.91 Å². The van der Waals surface area contributed by atoms with Crippen LogP contribution in [0.4, 0.5) is 16.2 Å². The van der Waals surface area contributed by atoms with E-state index in [2.05, 4.69) is 5.32 Å². The van der Waals surface area contributed by atoms with E-state index in [1.165, 1.54) is 0 Å². The highest BCUT2D eigenvalue weighted by Crippen LogP contribution is 2.22. The fourth-order valence-electron chi connectivity index (χ4n) is 2.98. The Morgan fingerprint density at radius 3 is 2.38 bits per heavy atom. The summed E-state index contributed by atoms with van der Waals surface area (Å²) in [6.07, 6.45) is 0.887. The minimum atomic E-state index is -0.333. The normalized spacial score (nSPS) is 14.7. The smallest absolute Gasteiger partial charge is 0.410 e. The summed E-state index contributed by atoms with van der Waals surface area (Å²) in [6, 6.07) is 16.8. The Bertz CT molecular complexity index is 756. The number of benzene rings is 2. The quantitative estimate of drug-likeness (QED) is 0.826. The molecule has 0 aromatic heterocycles. The van der Waals surface area contributed by atoms with E-state index in [1.807, 2.05) is 42.5 Å². The van der Waals surface area contributed by atoms with Crippen molar-refractivity contribution in [2.45, 2.75) is 19.4 Å². The van der Waals surface area contributed by atoms with Crippen molar-refractivity contribution in [2.24, 2.45) is 5.92 Å². The number of carbonyl (C=O) groups excluding carboxylic acids is 2. The summed E-state index contributed by atoms with van der Waals surface area (Å²) >= 11 is 0. The van der Waals surface area contributed by atoms with Gasteiger partial charge < -0.3 is 20.7 Å². The lowest BCUT2D eigenvalue weighted by Gasteiger charge is -2.30. The van der Waals surface area contributed by atoms with Gasteiger partial charge in [-0.05, 0) is 30.5 Å². The molecule has 1 heterocycles. The fourth-order valence-corrected chi connectivity index (χ4v) is 2.98. The molecule has 2 aromatic rings. The minimum Gasteiger partial charge on any atom is -0.445 e. The maximum atomic E-state index is 12.4. The molecule has 1 aliphatic heterocycles. The van der Waals surface area contributed by atoms with Gasteiger partial charge in [0.25, 0.3) is 0 Å². The van der Waals surface area contributed by atoms with Crippen molar-refractivity contribution in [3.05, 3.63) is 60.2 Å². The number of ether oxygens (including phenoxy) is 1.